The maximum absolute atomic E-state index is 12.0. The lowest BCUT2D eigenvalue weighted by atomic mass is 9.70. The van der Waals surface area contributed by atoms with Crippen molar-refractivity contribution in [1.82, 2.24) is 5.32 Å². The minimum Gasteiger partial charge on any atom is -0.380 e. The Morgan fingerprint density at radius 2 is 2.00 bits per heavy atom. The number of hydrogen-bond donors (Lipinski definition) is 2. The molecule has 0 aromatic carbocycles. The van der Waals surface area contributed by atoms with Gasteiger partial charge in [-0.05, 0) is 12.8 Å². The molecule has 76 valence electrons. The van der Waals surface area contributed by atoms with Crippen molar-refractivity contribution in [2.45, 2.75) is 24.6 Å². The summed E-state index contributed by atoms with van der Waals surface area (Å²) in [5.74, 6) is -1.16. The minimum atomic E-state index is -4.63. The van der Waals surface area contributed by atoms with Crippen LogP contribution >= 0.6 is 0 Å². The lowest BCUT2D eigenvalue weighted by molar-refractivity contribution is -0.295. The standard InChI is InChI=1S/C7H10F3NO2/c1-11-5(12)4-2-6(13,3-4)7(8,9)10/h4,13H,2-3H2,1H3,(H,11,12). The van der Waals surface area contributed by atoms with E-state index in [0.29, 0.717) is 0 Å². The lowest BCUT2D eigenvalue weighted by Gasteiger charge is -2.43. The smallest absolute Gasteiger partial charge is 0.380 e. The average molecular weight is 197 g/mol. The molecule has 1 fully saturated rings. The Kier molecular flexibility index (Phi) is 2.27. The predicted octanol–water partition coefficient (Wildman–Crippen LogP) is 0.436. The molecule has 1 aliphatic carbocycles. The van der Waals surface area contributed by atoms with E-state index in [2.05, 4.69) is 5.32 Å². The number of carbonyl (C=O) groups excluding carboxylic acids is 1. The quantitative estimate of drug-likeness (QED) is 0.640. The lowest BCUT2D eigenvalue weighted by Crippen LogP contribution is -2.58. The molecule has 0 radical (unpaired) electrons. The third-order valence-electron chi connectivity index (χ3n) is 2.31. The fourth-order valence-electron chi connectivity index (χ4n) is 1.38. The summed E-state index contributed by atoms with van der Waals surface area (Å²) in [5, 5.41) is 11.2. The van der Waals surface area contributed by atoms with Gasteiger partial charge in [0.15, 0.2) is 5.60 Å². The summed E-state index contributed by atoms with van der Waals surface area (Å²) in [4.78, 5) is 10.8. The molecule has 0 heterocycles. The molecular formula is C7H10F3NO2. The van der Waals surface area contributed by atoms with Crippen LogP contribution in [-0.4, -0.2) is 29.8 Å². The second kappa shape index (κ2) is 2.87. The van der Waals surface area contributed by atoms with Crippen molar-refractivity contribution in [3.63, 3.8) is 0 Å². The van der Waals surface area contributed by atoms with Crippen LogP contribution in [0.25, 0.3) is 0 Å². The summed E-state index contributed by atoms with van der Waals surface area (Å²) < 4.78 is 36.1. The Labute approximate surface area is 72.9 Å². The van der Waals surface area contributed by atoms with E-state index in [9.17, 15) is 18.0 Å². The molecule has 0 aliphatic heterocycles. The van der Waals surface area contributed by atoms with E-state index in [1.165, 1.54) is 7.05 Å². The molecule has 0 atom stereocenters. The largest absolute Gasteiger partial charge is 0.417 e. The third-order valence-corrected chi connectivity index (χ3v) is 2.31. The fraction of sp³-hybridized carbons (Fsp3) is 0.857. The normalized spacial score (nSPS) is 33.8. The highest BCUT2D eigenvalue weighted by Crippen LogP contribution is 2.48. The predicted molar refractivity (Wildman–Crippen MR) is 37.8 cm³/mol. The van der Waals surface area contributed by atoms with Crippen molar-refractivity contribution >= 4 is 5.91 Å². The van der Waals surface area contributed by atoms with Crippen LogP contribution in [0.4, 0.5) is 13.2 Å². The summed E-state index contributed by atoms with van der Waals surface area (Å²) in [5.41, 5.74) is -2.65. The maximum atomic E-state index is 12.0. The molecule has 1 amide bonds. The zero-order valence-corrected chi connectivity index (χ0v) is 6.98. The third kappa shape index (κ3) is 1.63. The number of alkyl halides is 3. The van der Waals surface area contributed by atoms with E-state index in [4.69, 9.17) is 5.11 Å². The van der Waals surface area contributed by atoms with Gasteiger partial charge in [0.25, 0.3) is 0 Å². The summed E-state index contributed by atoms with van der Waals surface area (Å²) in [6, 6.07) is 0. The van der Waals surface area contributed by atoms with E-state index < -0.39 is 36.4 Å². The molecule has 1 rings (SSSR count). The van der Waals surface area contributed by atoms with Crippen molar-refractivity contribution in [2.24, 2.45) is 5.92 Å². The first-order valence-corrected chi connectivity index (χ1v) is 3.81. The van der Waals surface area contributed by atoms with Crippen LogP contribution in [0.5, 0.6) is 0 Å². The van der Waals surface area contributed by atoms with Crippen LogP contribution in [0.2, 0.25) is 0 Å². The van der Waals surface area contributed by atoms with Gasteiger partial charge in [-0.3, -0.25) is 4.79 Å². The van der Waals surface area contributed by atoms with Crippen molar-refractivity contribution in [3.05, 3.63) is 0 Å². The molecule has 0 unspecified atom stereocenters. The van der Waals surface area contributed by atoms with E-state index in [1.807, 2.05) is 0 Å². The molecular weight excluding hydrogens is 187 g/mol. The van der Waals surface area contributed by atoms with Gasteiger partial charge in [0, 0.05) is 13.0 Å². The topological polar surface area (TPSA) is 49.3 Å². The Morgan fingerprint density at radius 1 is 1.54 bits per heavy atom. The van der Waals surface area contributed by atoms with Crippen molar-refractivity contribution in [3.8, 4) is 0 Å². The van der Waals surface area contributed by atoms with Crippen LogP contribution in [0.15, 0.2) is 0 Å². The minimum absolute atomic E-state index is 0.450. The Hall–Kier alpha value is -0.780. The highest BCUT2D eigenvalue weighted by atomic mass is 19.4. The zero-order valence-electron chi connectivity index (χ0n) is 6.98. The van der Waals surface area contributed by atoms with Gasteiger partial charge >= 0.3 is 6.18 Å². The number of hydrogen-bond acceptors (Lipinski definition) is 2. The van der Waals surface area contributed by atoms with E-state index in [-0.39, 0.29) is 0 Å². The SMILES string of the molecule is CNC(=O)C1CC(O)(C(F)(F)F)C1. The summed E-state index contributed by atoms with van der Waals surface area (Å²) in [7, 11) is 1.35. The molecule has 6 heteroatoms. The zero-order chi connectivity index (χ0) is 10.3. The molecule has 0 saturated heterocycles. The highest BCUT2D eigenvalue weighted by molar-refractivity contribution is 5.79. The molecule has 0 bridgehead atoms. The number of aliphatic hydroxyl groups is 1. The summed E-state index contributed by atoms with van der Waals surface area (Å²) >= 11 is 0. The first-order chi connectivity index (χ1) is 5.80. The monoisotopic (exact) mass is 197 g/mol. The number of halogens is 3. The number of amides is 1. The number of rotatable bonds is 1. The van der Waals surface area contributed by atoms with Gasteiger partial charge in [0.2, 0.25) is 5.91 Å². The second-order valence-corrected chi connectivity index (χ2v) is 3.25. The second-order valence-electron chi connectivity index (χ2n) is 3.25. The number of carbonyl (C=O) groups is 1. The molecule has 0 aromatic rings. The molecule has 1 saturated carbocycles. The number of nitrogens with one attached hydrogen (secondary N) is 1. The Bertz CT molecular complexity index is 220. The van der Waals surface area contributed by atoms with E-state index >= 15 is 0 Å². The first-order valence-electron chi connectivity index (χ1n) is 3.81. The van der Waals surface area contributed by atoms with Gasteiger partial charge in [0.1, 0.15) is 0 Å². The van der Waals surface area contributed by atoms with Crippen molar-refractivity contribution in [2.75, 3.05) is 7.05 Å². The molecule has 13 heavy (non-hydrogen) atoms. The Morgan fingerprint density at radius 3 is 2.31 bits per heavy atom. The summed E-state index contributed by atoms with van der Waals surface area (Å²) in [6.07, 6.45) is -5.69. The molecule has 2 N–H and O–H groups in total. The van der Waals surface area contributed by atoms with Gasteiger partial charge in [-0.25, -0.2) is 0 Å². The molecule has 3 nitrogen and oxygen atoms in total. The van der Waals surface area contributed by atoms with Gasteiger partial charge in [0.05, 0.1) is 0 Å². The van der Waals surface area contributed by atoms with Gasteiger partial charge in [-0.2, -0.15) is 13.2 Å². The van der Waals surface area contributed by atoms with Gasteiger partial charge in [-0.15, -0.1) is 0 Å². The van der Waals surface area contributed by atoms with Crippen LogP contribution in [-0.2, 0) is 4.79 Å². The maximum Gasteiger partial charge on any atom is 0.417 e. The fourth-order valence-corrected chi connectivity index (χ4v) is 1.38. The van der Waals surface area contributed by atoms with Gasteiger partial charge < -0.3 is 10.4 Å². The average Bonchev–Trinajstić information content (AvgIpc) is 1.95. The summed E-state index contributed by atoms with van der Waals surface area (Å²) in [6.45, 7) is 0. The van der Waals surface area contributed by atoms with Crippen LogP contribution in [0, 0.1) is 5.92 Å². The van der Waals surface area contributed by atoms with Gasteiger partial charge in [-0.1, -0.05) is 0 Å². The molecule has 0 aromatic heterocycles. The van der Waals surface area contributed by atoms with E-state index in [0.717, 1.165) is 0 Å². The Balaban J connectivity index is 2.53. The highest BCUT2D eigenvalue weighted by Gasteiger charge is 2.62. The first kappa shape index (κ1) is 10.3. The van der Waals surface area contributed by atoms with E-state index in [1.54, 1.807) is 0 Å². The van der Waals surface area contributed by atoms with Crippen LogP contribution < -0.4 is 5.32 Å². The van der Waals surface area contributed by atoms with Crippen LogP contribution in [0.3, 0.4) is 0 Å². The van der Waals surface area contributed by atoms with Crippen LogP contribution in [0.1, 0.15) is 12.8 Å². The van der Waals surface area contributed by atoms with Crippen molar-refractivity contribution in [1.29, 1.82) is 0 Å². The molecule has 1 aliphatic rings. The van der Waals surface area contributed by atoms with Crippen molar-refractivity contribution < 1.29 is 23.1 Å². The molecule has 0 spiro atoms.